The van der Waals surface area contributed by atoms with Crippen molar-refractivity contribution in [3.8, 4) is 0 Å². The van der Waals surface area contributed by atoms with Crippen LogP contribution in [0, 0.1) is 0 Å². The van der Waals surface area contributed by atoms with Crippen LogP contribution >= 0.6 is 0 Å². The van der Waals surface area contributed by atoms with Gasteiger partial charge in [0, 0.05) is 11.3 Å². The summed E-state index contributed by atoms with van der Waals surface area (Å²) in [4.78, 5) is 9.69. The SMILES string of the molecule is NNc1nc(C2(c3ccccc3)CC2)nc2c1CCCC2. The van der Waals surface area contributed by atoms with E-state index in [1.54, 1.807) is 0 Å². The Morgan fingerprint density at radius 1 is 1.00 bits per heavy atom. The molecule has 0 bridgehead atoms. The first-order valence-electron chi connectivity index (χ1n) is 7.76. The number of hydrazine groups is 1. The molecular formula is C17H20N4. The zero-order valence-electron chi connectivity index (χ0n) is 12.1. The summed E-state index contributed by atoms with van der Waals surface area (Å²) in [5.41, 5.74) is 6.55. The van der Waals surface area contributed by atoms with Gasteiger partial charge in [-0.2, -0.15) is 0 Å². The van der Waals surface area contributed by atoms with E-state index < -0.39 is 0 Å². The molecule has 1 aromatic carbocycles. The van der Waals surface area contributed by atoms with Crippen LogP contribution < -0.4 is 11.3 Å². The van der Waals surface area contributed by atoms with Crippen LogP contribution in [0.25, 0.3) is 0 Å². The third-order valence-electron chi connectivity index (χ3n) is 4.82. The molecule has 2 aliphatic carbocycles. The van der Waals surface area contributed by atoms with Gasteiger partial charge in [-0.3, -0.25) is 0 Å². The molecule has 21 heavy (non-hydrogen) atoms. The van der Waals surface area contributed by atoms with Crippen LogP contribution in [-0.4, -0.2) is 9.97 Å². The number of hydrogen-bond acceptors (Lipinski definition) is 4. The Morgan fingerprint density at radius 3 is 2.48 bits per heavy atom. The molecule has 0 saturated heterocycles. The first kappa shape index (κ1) is 12.8. The molecule has 1 saturated carbocycles. The maximum atomic E-state index is 5.70. The topological polar surface area (TPSA) is 63.8 Å². The predicted octanol–water partition coefficient (Wildman–Crippen LogP) is 2.72. The Bertz CT molecular complexity index is 645. The first-order chi connectivity index (χ1) is 10.3. The first-order valence-corrected chi connectivity index (χ1v) is 7.76. The van der Waals surface area contributed by atoms with E-state index in [2.05, 4.69) is 35.8 Å². The van der Waals surface area contributed by atoms with E-state index in [9.17, 15) is 0 Å². The molecule has 0 spiro atoms. The van der Waals surface area contributed by atoms with E-state index in [0.717, 1.165) is 37.3 Å². The lowest BCUT2D eigenvalue weighted by Crippen LogP contribution is -2.22. The second-order valence-electron chi connectivity index (χ2n) is 6.12. The Morgan fingerprint density at radius 2 is 1.76 bits per heavy atom. The second kappa shape index (κ2) is 4.81. The summed E-state index contributed by atoms with van der Waals surface area (Å²) in [6.45, 7) is 0. The van der Waals surface area contributed by atoms with E-state index in [4.69, 9.17) is 15.8 Å². The zero-order valence-corrected chi connectivity index (χ0v) is 12.1. The average molecular weight is 280 g/mol. The van der Waals surface area contributed by atoms with Crippen LogP contribution in [0.2, 0.25) is 0 Å². The van der Waals surface area contributed by atoms with Gasteiger partial charge in [-0.15, -0.1) is 0 Å². The smallest absolute Gasteiger partial charge is 0.147 e. The van der Waals surface area contributed by atoms with Gasteiger partial charge in [0.05, 0.1) is 5.41 Å². The summed E-state index contributed by atoms with van der Waals surface area (Å²) < 4.78 is 0. The van der Waals surface area contributed by atoms with E-state index in [1.165, 1.54) is 29.7 Å². The quantitative estimate of drug-likeness (QED) is 0.670. The number of anilines is 1. The third kappa shape index (κ3) is 2.02. The van der Waals surface area contributed by atoms with Crippen LogP contribution in [-0.2, 0) is 18.3 Å². The molecule has 4 rings (SSSR count). The molecule has 2 aliphatic rings. The maximum absolute atomic E-state index is 5.70. The van der Waals surface area contributed by atoms with Gasteiger partial charge >= 0.3 is 0 Å². The minimum Gasteiger partial charge on any atom is -0.308 e. The molecule has 4 nitrogen and oxygen atoms in total. The summed E-state index contributed by atoms with van der Waals surface area (Å²) in [7, 11) is 0. The average Bonchev–Trinajstić information content (AvgIpc) is 3.36. The number of nitrogens with one attached hydrogen (secondary N) is 1. The van der Waals surface area contributed by atoms with Gasteiger partial charge < -0.3 is 5.43 Å². The van der Waals surface area contributed by atoms with E-state index in [0.29, 0.717) is 0 Å². The molecule has 0 amide bonds. The van der Waals surface area contributed by atoms with Gasteiger partial charge in [0.25, 0.3) is 0 Å². The number of benzene rings is 1. The zero-order chi connectivity index (χ0) is 14.3. The molecule has 2 aromatic rings. The number of nitrogen functional groups attached to an aromatic ring is 1. The molecule has 1 aromatic heterocycles. The molecule has 0 radical (unpaired) electrons. The van der Waals surface area contributed by atoms with Crippen LogP contribution in [0.3, 0.4) is 0 Å². The minimum atomic E-state index is 0.0132. The van der Waals surface area contributed by atoms with Crippen molar-refractivity contribution < 1.29 is 0 Å². The van der Waals surface area contributed by atoms with Gasteiger partial charge in [-0.05, 0) is 44.1 Å². The Kier molecular flexibility index (Phi) is 2.93. The van der Waals surface area contributed by atoms with Crippen LogP contribution in [0.1, 0.15) is 48.3 Å². The summed E-state index contributed by atoms with van der Waals surface area (Å²) in [6, 6.07) is 10.6. The molecule has 1 fully saturated rings. The fourth-order valence-electron chi connectivity index (χ4n) is 3.45. The monoisotopic (exact) mass is 280 g/mol. The maximum Gasteiger partial charge on any atom is 0.147 e. The predicted molar refractivity (Wildman–Crippen MR) is 82.9 cm³/mol. The van der Waals surface area contributed by atoms with Crippen molar-refractivity contribution in [2.24, 2.45) is 5.84 Å². The van der Waals surface area contributed by atoms with Crippen LogP contribution in [0.4, 0.5) is 5.82 Å². The molecule has 0 unspecified atom stereocenters. The van der Waals surface area contributed by atoms with Gasteiger partial charge in [-0.1, -0.05) is 30.3 Å². The lowest BCUT2D eigenvalue weighted by molar-refractivity contribution is 0.642. The Balaban J connectivity index is 1.82. The number of nitrogens with zero attached hydrogens (tertiary/aromatic N) is 2. The lowest BCUT2D eigenvalue weighted by atomic mass is 9.92. The van der Waals surface area contributed by atoms with Crippen molar-refractivity contribution in [1.82, 2.24) is 9.97 Å². The molecule has 108 valence electrons. The van der Waals surface area contributed by atoms with Crippen molar-refractivity contribution in [3.05, 3.63) is 53.0 Å². The van der Waals surface area contributed by atoms with E-state index in [-0.39, 0.29) is 5.41 Å². The molecule has 4 heteroatoms. The number of rotatable bonds is 3. The summed E-state index contributed by atoms with van der Waals surface area (Å²) in [5.74, 6) is 7.48. The van der Waals surface area contributed by atoms with Crippen molar-refractivity contribution in [1.29, 1.82) is 0 Å². The molecule has 0 atom stereocenters. The largest absolute Gasteiger partial charge is 0.308 e. The molecule has 1 heterocycles. The third-order valence-corrected chi connectivity index (χ3v) is 4.82. The van der Waals surface area contributed by atoms with Crippen molar-refractivity contribution in [2.45, 2.75) is 43.9 Å². The fourth-order valence-corrected chi connectivity index (χ4v) is 3.45. The number of nitrogens with two attached hydrogens (primary N) is 1. The number of hydrogen-bond donors (Lipinski definition) is 2. The van der Waals surface area contributed by atoms with Crippen LogP contribution in [0.5, 0.6) is 0 Å². The summed E-state index contributed by atoms with van der Waals surface area (Å²) >= 11 is 0. The number of aromatic nitrogens is 2. The lowest BCUT2D eigenvalue weighted by Gasteiger charge is -2.22. The van der Waals surface area contributed by atoms with Gasteiger partial charge in [0.2, 0.25) is 0 Å². The highest BCUT2D eigenvalue weighted by atomic mass is 15.3. The Labute approximate surface area is 124 Å². The van der Waals surface area contributed by atoms with Gasteiger partial charge in [-0.25, -0.2) is 15.8 Å². The standard InChI is InChI=1S/C17H20N4/c18-21-15-13-8-4-5-9-14(13)19-16(20-15)17(10-11-17)12-6-2-1-3-7-12/h1-3,6-7H,4-5,8-11,18H2,(H,19,20,21). The van der Waals surface area contributed by atoms with Crippen molar-refractivity contribution in [3.63, 3.8) is 0 Å². The molecular weight excluding hydrogens is 260 g/mol. The van der Waals surface area contributed by atoms with Gasteiger partial charge in [0.1, 0.15) is 11.6 Å². The molecule has 3 N–H and O–H groups in total. The van der Waals surface area contributed by atoms with Crippen LogP contribution in [0.15, 0.2) is 30.3 Å². The highest BCUT2D eigenvalue weighted by Crippen LogP contribution is 2.52. The van der Waals surface area contributed by atoms with E-state index in [1.807, 2.05) is 0 Å². The highest BCUT2D eigenvalue weighted by Gasteiger charge is 2.49. The van der Waals surface area contributed by atoms with Gasteiger partial charge in [0.15, 0.2) is 0 Å². The minimum absolute atomic E-state index is 0.0132. The highest BCUT2D eigenvalue weighted by molar-refractivity contribution is 5.50. The van der Waals surface area contributed by atoms with Crippen molar-refractivity contribution >= 4 is 5.82 Å². The normalized spacial score (nSPS) is 18.9. The molecule has 0 aliphatic heterocycles. The summed E-state index contributed by atoms with van der Waals surface area (Å²) in [5, 5.41) is 0. The van der Waals surface area contributed by atoms with E-state index >= 15 is 0 Å². The van der Waals surface area contributed by atoms with Crippen molar-refractivity contribution in [2.75, 3.05) is 5.43 Å². The number of fused-ring (bicyclic) bond motifs is 1. The number of aryl methyl sites for hydroxylation is 1. The second-order valence-corrected chi connectivity index (χ2v) is 6.12. The fraction of sp³-hybridized carbons (Fsp3) is 0.412. The summed E-state index contributed by atoms with van der Waals surface area (Å²) in [6.07, 6.45) is 6.75. The Hall–Kier alpha value is -1.94.